The molecule has 0 aliphatic rings. The zero-order chi connectivity index (χ0) is 9.84. The fraction of sp³-hybridized carbons (Fsp3) is 0.222. The van der Waals surface area contributed by atoms with Gasteiger partial charge in [0.2, 0.25) is 5.91 Å². The van der Waals surface area contributed by atoms with Crippen LogP contribution in [0.3, 0.4) is 0 Å². The molecule has 1 atom stereocenters. The van der Waals surface area contributed by atoms with E-state index < -0.39 is 11.9 Å². The minimum absolute atomic E-state index is 0.459. The van der Waals surface area contributed by atoms with Crippen LogP contribution >= 0.6 is 22.6 Å². The highest BCUT2D eigenvalue weighted by Gasteiger charge is 2.11. The molecule has 70 valence electrons. The van der Waals surface area contributed by atoms with Crippen LogP contribution in [0.4, 0.5) is 0 Å². The number of hydrogen-bond acceptors (Lipinski definition) is 2. The third-order valence-electron chi connectivity index (χ3n) is 1.76. The zero-order valence-corrected chi connectivity index (χ0v) is 9.19. The van der Waals surface area contributed by atoms with Crippen molar-refractivity contribution >= 4 is 28.5 Å². The highest BCUT2D eigenvalue weighted by molar-refractivity contribution is 14.1. The second-order valence-corrected chi connectivity index (χ2v) is 3.97. The van der Waals surface area contributed by atoms with Crippen molar-refractivity contribution in [3.63, 3.8) is 0 Å². The summed E-state index contributed by atoms with van der Waals surface area (Å²) in [5.74, 6) is -0.459. The molecule has 0 radical (unpaired) electrons. The van der Waals surface area contributed by atoms with Gasteiger partial charge in [0.15, 0.2) is 0 Å². The number of primary amides is 1. The van der Waals surface area contributed by atoms with Gasteiger partial charge in [0.1, 0.15) is 0 Å². The predicted molar refractivity (Wildman–Crippen MR) is 60.0 cm³/mol. The molecular weight excluding hydrogens is 279 g/mol. The quantitative estimate of drug-likeness (QED) is 0.802. The predicted octanol–water partition coefficient (Wildman–Crippen LogP) is 0.646. The minimum Gasteiger partial charge on any atom is -0.368 e. The summed E-state index contributed by atoms with van der Waals surface area (Å²) in [6.07, 6.45) is 0.508. The van der Waals surface area contributed by atoms with E-state index in [0.717, 1.165) is 9.13 Å². The number of benzene rings is 1. The average Bonchev–Trinajstić information content (AvgIpc) is 2.08. The largest absolute Gasteiger partial charge is 0.368 e. The van der Waals surface area contributed by atoms with Gasteiger partial charge in [-0.15, -0.1) is 0 Å². The Labute approximate surface area is 90.6 Å². The molecule has 0 bridgehead atoms. The standard InChI is InChI=1S/C9H11IN2O/c10-7-4-2-1-3-6(7)5-8(11)9(12)13/h1-4,8H,5,11H2,(H2,12,13)/t8-/m0/s1. The van der Waals surface area contributed by atoms with E-state index in [9.17, 15) is 4.79 Å². The summed E-state index contributed by atoms with van der Waals surface area (Å²) in [7, 11) is 0. The van der Waals surface area contributed by atoms with Crippen molar-refractivity contribution in [2.24, 2.45) is 11.5 Å². The molecule has 0 aromatic heterocycles. The molecule has 0 saturated carbocycles. The van der Waals surface area contributed by atoms with Crippen molar-refractivity contribution in [2.45, 2.75) is 12.5 Å². The molecule has 0 heterocycles. The van der Waals surface area contributed by atoms with Crippen LogP contribution in [0.2, 0.25) is 0 Å². The number of hydrogen-bond donors (Lipinski definition) is 2. The average molecular weight is 290 g/mol. The maximum atomic E-state index is 10.7. The smallest absolute Gasteiger partial charge is 0.234 e. The molecule has 0 aliphatic heterocycles. The van der Waals surface area contributed by atoms with E-state index in [0.29, 0.717) is 6.42 Å². The first kappa shape index (κ1) is 10.5. The van der Waals surface area contributed by atoms with Crippen molar-refractivity contribution in [3.8, 4) is 0 Å². The number of nitrogens with two attached hydrogens (primary N) is 2. The first-order valence-electron chi connectivity index (χ1n) is 3.89. The number of carbonyl (C=O) groups excluding carboxylic acids is 1. The topological polar surface area (TPSA) is 69.1 Å². The lowest BCUT2D eigenvalue weighted by molar-refractivity contribution is -0.119. The first-order valence-corrected chi connectivity index (χ1v) is 4.97. The fourth-order valence-corrected chi connectivity index (χ4v) is 1.61. The normalized spacial score (nSPS) is 12.5. The van der Waals surface area contributed by atoms with Crippen LogP contribution in [0.1, 0.15) is 5.56 Å². The van der Waals surface area contributed by atoms with Crippen LogP contribution in [-0.4, -0.2) is 11.9 Å². The highest BCUT2D eigenvalue weighted by Crippen LogP contribution is 2.12. The summed E-state index contributed by atoms with van der Waals surface area (Å²) in [5, 5.41) is 0. The summed E-state index contributed by atoms with van der Waals surface area (Å²) in [6, 6.07) is 7.21. The Morgan fingerprint density at radius 2 is 2.08 bits per heavy atom. The molecule has 1 aromatic rings. The second kappa shape index (κ2) is 4.57. The van der Waals surface area contributed by atoms with Crippen LogP contribution in [0.15, 0.2) is 24.3 Å². The Kier molecular flexibility index (Phi) is 3.68. The molecule has 0 fully saturated rings. The van der Waals surface area contributed by atoms with Gasteiger partial charge >= 0.3 is 0 Å². The molecule has 3 nitrogen and oxygen atoms in total. The molecule has 0 saturated heterocycles. The Balaban J connectivity index is 2.74. The van der Waals surface area contributed by atoms with Gasteiger partial charge in [0, 0.05) is 3.57 Å². The van der Waals surface area contributed by atoms with E-state index in [4.69, 9.17) is 11.5 Å². The van der Waals surface area contributed by atoms with Crippen molar-refractivity contribution < 1.29 is 4.79 Å². The summed E-state index contributed by atoms with van der Waals surface area (Å²) in [4.78, 5) is 10.7. The lowest BCUT2D eigenvalue weighted by Crippen LogP contribution is -2.38. The maximum Gasteiger partial charge on any atom is 0.234 e. The maximum absolute atomic E-state index is 10.7. The van der Waals surface area contributed by atoms with Crippen LogP contribution in [0.5, 0.6) is 0 Å². The number of amides is 1. The molecule has 4 N–H and O–H groups in total. The SMILES string of the molecule is NC(=O)[C@@H](N)Cc1ccccc1I. The van der Waals surface area contributed by atoms with Gasteiger partial charge in [-0.1, -0.05) is 18.2 Å². The van der Waals surface area contributed by atoms with Gasteiger partial charge in [-0.2, -0.15) is 0 Å². The Morgan fingerprint density at radius 1 is 1.46 bits per heavy atom. The summed E-state index contributed by atoms with van der Waals surface area (Å²) < 4.78 is 1.11. The van der Waals surface area contributed by atoms with E-state index in [1.54, 1.807) is 0 Å². The Bertz CT molecular complexity index is 314. The first-order chi connectivity index (χ1) is 6.11. The van der Waals surface area contributed by atoms with Crippen LogP contribution in [-0.2, 0) is 11.2 Å². The number of rotatable bonds is 3. The molecule has 0 unspecified atom stereocenters. The fourth-order valence-electron chi connectivity index (χ4n) is 1.00. The molecule has 1 rings (SSSR count). The van der Waals surface area contributed by atoms with Crippen molar-refractivity contribution in [1.82, 2.24) is 0 Å². The second-order valence-electron chi connectivity index (χ2n) is 2.80. The van der Waals surface area contributed by atoms with Crippen LogP contribution < -0.4 is 11.5 Å². The minimum atomic E-state index is -0.587. The monoisotopic (exact) mass is 290 g/mol. The Morgan fingerprint density at radius 3 is 2.62 bits per heavy atom. The highest BCUT2D eigenvalue weighted by atomic mass is 127. The van der Waals surface area contributed by atoms with Crippen LogP contribution in [0.25, 0.3) is 0 Å². The molecule has 4 heteroatoms. The molecule has 1 amide bonds. The van der Waals surface area contributed by atoms with Gasteiger partial charge in [-0.3, -0.25) is 4.79 Å². The van der Waals surface area contributed by atoms with E-state index >= 15 is 0 Å². The lowest BCUT2D eigenvalue weighted by Gasteiger charge is -2.08. The number of carbonyl (C=O) groups is 1. The van der Waals surface area contributed by atoms with Crippen molar-refractivity contribution in [2.75, 3.05) is 0 Å². The van der Waals surface area contributed by atoms with E-state index in [2.05, 4.69) is 22.6 Å². The van der Waals surface area contributed by atoms with Gasteiger partial charge in [-0.05, 0) is 40.6 Å². The van der Waals surface area contributed by atoms with Crippen molar-refractivity contribution in [3.05, 3.63) is 33.4 Å². The van der Waals surface area contributed by atoms with Gasteiger partial charge in [0.25, 0.3) is 0 Å². The summed E-state index contributed by atoms with van der Waals surface area (Å²) in [5.41, 5.74) is 11.7. The van der Waals surface area contributed by atoms with Gasteiger partial charge < -0.3 is 11.5 Å². The zero-order valence-electron chi connectivity index (χ0n) is 7.03. The molecule has 1 aromatic carbocycles. The third-order valence-corrected chi connectivity index (χ3v) is 2.82. The molecule has 13 heavy (non-hydrogen) atoms. The van der Waals surface area contributed by atoms with Crippen molar-refractivity contribution in [1.29, 1.82) is 0 Å². The van der Waals surface area contributed by atoms with E-state index in [1.165, 1.54) is 0 Å². The van der Waals surface area contributed by atoms with Gasteiger partial charge in [0.05, 0.1) is 6.04 Å². The number of halogens is 1. The summed E-state index contributed by atoms with van der Waals surface area (Å²) in [6.45, 7) is 0. The van der Waals surface area contributed by atoms with E-state index in [-0.39, 0.29) is 0 Å². The molecular formula is C9H11IN2O. The molecule has 0 aliphatic carbocycles. The van der Waals surface area contributed by atoms with Crippen LogP contribution in [0, 0.1) is 3.57 Å². The Hall–Kier alpha value is -0.620. The third kappa shape index (κ3) is 2.96. The molecule has 0 spiro atoms. The van der Waals surface area contributed by atoms with Gasteiger partial charge in [-0.25, -0.2) is 0 Å². The summed E-state index contributed by atoms with van der Waals surface area (Å²) >= 11 is 2.21. The van der Waals surface area contributed by atoms with E-state index in [1.807, 2.05) is 24.3 Å². The lowest BCUT2D eigenvalue weighted by atomic mass is 10.1.